The Morgan fingerprint density at radius 1 is 0.698 bits per heavy atom. The Morgan fingerprint density at radius 2 is 1.26 bits per heavy atom. The highest BCUT2D eigenvalue weighted by molar-refractivity contribution is 5.08. The lowest BCUT2D eigenvalue weighted by molar-refractivity contribution is -0.169. The van der Waals surface area contributed by atoms with Crippen molar-refractivity contribution in [2.75, 3.05) is 6.54 Å². The smallest absolute Gasteiger partial charge is 0.0862 e. The van der Waals surface area contributed by atoms with E-state index in [1.165, 1.54) is 114 Å². The zero-order valence-electron chi connectivity index (χ0n) is 26.8. The summed E-state index contributed by atoms with van der Waals surface area (Å²) >= 11 is 0. The van der Waals surface area contributed by atoms with E-state index in [0.717, 1.165) is 38.6 Å². The standard InChI is InChI=1S/C38H59N3O2/c42-36-27-26-35-38(36)37(25-17-13-9-8-12-16-22-34-24-20-29-40-32-34)43-41(35)30-18-14-10-6-4-2-1-3-5-7-11-15-21-33-23-19-28-39-31-33/h2,4,19-20,23-24,28-29,31-32,35-38,42H,1,3,5-18,21-22,25-27,30H2/b4-2-/t35-,36-,37+,38-/m1/s1. The van der Waals surface area contributed by atoms with Gasteiger partial charge in [0.1, 0.15) is 0 Å². The Balaban J connectivity index is 0.962. The van der Waals surface area contributed by atoms with E-state index in [0.29, 0.717) is 12.0 Å². The molecule has 2 aromatic heterocycles. The average Bonchev–Trinajstić information content (AvgIpc) is 3.59. The average molecular weight is 590 g/mol. The Bertz CT molecular complexity index is 985. The molecule has 1 saturated carbocycles. The van der Waals surface area contributed by atoms with Crippen molar-refractivity contribution in [1.82, 2.24) is 15.0 Å². The number of nitrogens with zero attached hydrogens (tertiary/aromatic N) is 3. The van der Waals surface area contributed by atoms with Crippen LogP contribution in [0.15, 0.2) is 61.2 Å². The minimum absolute atomic E-state index is 0.176. The molecule has 3 heterocycles. The number of unbranched alkanes of at least 4 members (excludes halogenated alkanes) is 13. The van der Waals surface area contributed by atoms with Crippen molar-refractivity contribution in [3.05, 3.63) is 72.3 Å². The molecule has 5 nitrogen and oxygen atoms in total. The van der Waals surface area contributed by atoms with E-state index in [-0.39, 0.29) is 12.2 Å². The third-order valence-electron chi connectivity index (χ3n) is 9.62. The van der Waals surface area contributed by atoms with E-state index in [1.54, 1.807) is 0 Å². The summed E-state index contributed by atoms with van der Waals surface area (Å²) in [7, 11) is 0. The second-order valence-electron chi connectivity index (χ2n) is 13.1. The van der Waals surface area contributed by atoms with Gasteiger partial charge in [0.25, 0.3) is 0 Å². The molecule has 1 aliphatic carbocycles. The van der Waals surface area contributed by atoms with Crippen LogP contribution in [0.3, 0.4) is 0 Å². The van der Waals surface area contributed by atoms with Crippen molar-refractivity contribution in [1.29, 1.82) is 0 Å². The van der Waals surface area contributed by atoms with Gasteiger partial charge in [0.05, 0.1) is 12.2 Å². The highest BCUT2D eigenvalue weighted by Gasteiger charge is 2.49. The molecule has 43 heavy (non-hydrogen) atoms. The fourth-order valence-corrected chi connectivity index (χ4v) is 7.14. The topological polar surface area (TPSA) is 58.5 Å². The van der Waals surface area contributed by atoms with E-state index >= 15 is 0 Å². The van der Waals surface area contributed by atoms with Gasteiger partial charge in [-0.05, 0) is 100 Å². The van der Waals surface area contributed by atoms with Crippen molar-refractivity contribution in [3.63, 3.8) is 0 Å². The number of allylic oxidation sites excluding steroid dienone is 2. The van der Waals surface area contributed by atoms with Crippen LogP contribution in [0.5, 0.6) is 0 Å². The number of hydroxylamine groups is 2. The van der Waals surface area contributed by atoms with Crippen LogP contribution in [-0.2, 0) is 17.7 Å². The molecule has 2 aromatic rings. The Kier molecular flexibility index (Phi) is 16.4. The number of hydrogen-bond donors (Lipinski definition) is 1. The number of aromatic nitrogens is 2. The molecule has 1 saturated heterocycles. The van der Waals surface area contributed by atoms with Gasteiger partial charge in [-0.3, -0.25) is 14.8 Å². The van der Waals surface area contributed by atoms with E-state index in [1.807, 2.05) is 36.9 Å². The van der Waals surface area contributed by atoms with Gasteiger partial charge in [-0.1, -0.05) is 82.1 Å². The highest BCUT2D eigenvalue weighted by Crippen LogP contribution is 2.42. The lowest BCUT2D eigenvalue weighted by atomic mass is 9.92. The van der Waals surface area contributed by atoms with E-state index in [2.05, 4.69) is 39.3 Å². The molecular weight excluding hydrogens is 530 g/mol. The third-order valence-corrected chi connectivity index (χ3v) is 9.62. The maximum atomic E-state index is 10.7. The van der Waals surface area contributed by atoms with Gasteiger partial charge < -0.3 is 5.11 Å². The molecule has 0 amide bonds. The fraction of sp³-hybridized carbons (Fsp3) is 0.684. The van der Waals surface area contributed by atoms with Crippen LogP contribution in [0.1, 0.15) is 133 Å². The first-order valence-electron chi connectivity index (χ1n) is 17.9. The van der Waals surface area contributed by atoms with Crippen LogP contribution in [0.25, 0.3) is 0 Å². The molecule has 0 radical (unpaired) electrons. The van der Waals surface area contributed by atoms with E-state index in [9.17, 15) is 5.11 Å². The summed E-state index contributed by atoms with van der Waals surface area (Å²) in [5.41, 5.74) is 2.72. The first-order chi connectivity index (χ1) is 21.3. The first-order valence-corrected chi connectivity index (χ1v) is 17.9. The maximum Gasteiger partial charge on any atom is 0.0862 e. The summed E-state index contributed by atoms with van der Waals surface area (Å²) in [6.07, 6.45) is 38.4. The van der Waals surface area contributed by atoms with Gasteiger partial charge in [0.2, 0.25) is 0 Å². The van der Waals surface area contributed by atoms with Crippen molar-refractivity contribution in [3.8, 4) is 0 Å². The number of fused-ring (bicyclic) bond motifs is 1. The zero-order chi connectivity index (χ0) is 29.8. The number of pyridine rings is 2. The molecule has 238 valence electrons. The van der Waals surface area contributed by atoms with Crippen LogP contribution in [0.2, 0.25) is 0 Å². The van der Waals surface area contributed by atoms with Gasteiger partial charge in [0, 0.05) is 43.3 Å². The van der Waals surface area contributed by atoms with Crippen molar-refractivity contribution in [2.24, 2.45) is 5.92 Å². The minimum atomic E-state index is -0.176. The molecule has 0 unspecified atom stereocenters. The molecule has 0 aromatic carbocycles. The number of hydrogen-bond acceptors (Lipinski definition) is 5. The van der Waals surface area contributed by atoms with E-state index < -0.39 is 0 Å². The molecule has 2 fully saturated rings. The summed E-state index contributed by atoms with van der Waals surface area (Å²) in [4.78, 5) is 14.9. The Hall–Kier alpha value is -2.08. The van der Waals surface area contributed by atoms with Gasteiger partial charge in [-0.25, -0.2) is 0 Å². The predicted molar refractivity (Wildman–Crippen MR) is 178 cm³/mol. The van der Waals surface area contributed by atoms with Crippen molar-refractivity contribution >= 4 is 0 Å². The van der Waals surface area contributed by atoms with Crippen LogP contribution < -0.4 is 0 Å². The third kappa shape index (κ3) is 12.8. The normalized spacial score (nSPS) is 22.1. The molecule has 1 N–H and O–H groups in total. The molecule has 0 bridgehead atoms. The summed E-state index contributed by atoms with van der Waals surface area (Å²) in [5.74, 6) is 0.323. The summed E-state index contributed by atoms with van der Waals surface area (Å²) in [6, 6.07) is 8.86. The fourth-order valence-electron chi connectivity index (χ4n) is 7.14. The summed E-state index contributed by atoms with van der Waals surface area (Å²) < 4.78 is 0. The molecule has 2 aliphatic rings. The maximum absolute atomic E-state index is 10.7. The van der Waals surface area contributed by atoms with Crippen LogP contribution in [0.4, 0.5) is 0 Å². The van der Waals surface area contributed by atoms with Crippen molar-refractivity contribution < 1.29 is 9.94 Å². The number of rotatable bonds is 23. The molecule has 0 spiro atoms. The highest BCUT2D eigenvalue weighted by atomic mass is 16.7. The van der Waals surface area contributed by atoms with E-state index in [4.69, 9.17) is 4.84 Å². The van der Waals surface area contributed by atoms with Crippen molar-refractivity contribution in [2.45, 2.75) is 153 Å². The molecular formula is C38H59N3O2. The lowest BCUT2D eigenvalue weighted by Gasteiger charge is -2.21. The summed E-state index contributed by atoms with van der Waals surface area (Å²) in [6.45, 7) is 1.02. The molecule has 1 aliphatic heterocycles. The zero-order valence-corrected chi connectivity index (χ0v) is 26.8. The predicted octanol–water partition coefficient (Wildman–Crippen LogP) is 9.21. The van der Waals surface area contributed by atoms with Gasteiger partial charge in [-0.15, -0.1) is 0 Å². The SMILES string of the molecule is O[C@@H]1CC[C@@H]2[C@H]1[C@H](CCCCCCCCc1cccnc1)ON2CCCCC/C=C\CCCCCCCc1cccnc1. The lowest BCUT2D eigenvalue weighted by Crippen LogP contribution is -2.32. The number of aryl methyl sites for hydroxylation is 2. The number of aliphatic hydroxyl groups excluding tert-OH is 1. The molecule has 4 atom stereocenters. The monoisotopic (exact) mass is 589 g/mol. The quantitative estimate of drug-likeness (QED) is 0.103. The van der Waals surface area contributed by atoms with Gasteiger partial charge in [-0.2, -0.15) is 5.06 Å². The van der Waals surface area contributed by atoms with Gasteiger partial charge >= 0.3 is 0 Å². The molecule has 4 rings (SSSR count). The van der Waals surface area contributed by atoms with Crippen LogP contribution in [-0.4, -0.2) is 44.9 Å². The largest absolute Gasteiger partial charge is 0.393 e. The second kappa shape index (κ2) is 20.8. The molecule has 5 heteroatoms. The first kappa shape index (κ1) is 33.8. The number of aliphatic hydroxyl groups is 1. The Morgan fingerprint density at radius 3 is 1.86 bits per heavy atom. The van der Waals surface area contributed by atoms with Gasteiger partial charge in [0.15, 0.2) is 0 Å². The van der Waals surface area contributed by atoms with Crippen LogP contribution >= 0.6 is 0 Å². The second-order valence-corrected chi connectivity index (χ2v) is 13.1. The van der Waals surface area contributed by atoms with Crippen LogP contribution in [0, 0.1) is 5.92 Å². The summed E-state index contributed by atoms with van der Waals surface area (Å²) in [5, 5.41) is 13.0. The Labute approximate surface area is 262 Å². The minimum Gasteiger partial charge on any atom is -0.393 e.